The van der Waals surface area contributed by atoms with Crippen LogP contribution >= 0.6 is 22.7 Å². The highest BCUT2D eigenvalue weighted by Gasteiger charge is 2.44. The van der Waals surface area contributed by atoms with Crippen molar-refractivity contribution in [3.63, 3.8) is 0 Å². The standard InChI is InChI=1S/C55H71N9O8S2/c1-34-44(60-54(71)72-42-23-25-63(26-24-42)36(3)65)27-40(31-56-34)39-21-22-43-46(28-39)74-53(59-43)62-48(68)16-14-12-10-8-7-9-11-13-15-47(67)61-50(55(4,5)6)52(70)64-32-41(66)29-45(64)51(69)57-30-37-17-19-38(20-18-37)49-35(2)58-33-73-49/h17-22,27-28,31,33,41-42,45,50,66H,7-16,23-26,29-30,32H2,1-6H3,(H,57,69)(H,60,71)(H,61,67)(H,59,62,68)/t41-,45+,50-/m1/s1. The molecule has 74 heavy (non-hydrogen) atoms. The molecule has 6 amide bonds. The molecule has 3 atom stereocenters. The van der Waals surface area contributed by atoms with Crippen molar-refractivity contribution in [3.05, 3.63) is 77.2 Å². The molecule has 0 saturated carbocycles. The van der Waals surface area contributed by atoms with Crippen LogP contribution in [0.4, 0.5) is 15.6 Å². The number of nitrogens with one attached hydrogen (secondary N) is 4. The Bertz CT molecular complexity index is 2760. The van der Waals surface area contributed by atoms with Gasteiger partial charge in [0.25, 0.3) is 0 Å². The summed E-state index contributed by atoms with van der Waals surface area (Å²) in [6.07, 6.45) is 9.40. The fraction of sp³-hybridized carbons (Fsp3) is 0.509. The van der Waals surface area contributed by atoms with Crippen LogP contribution in [0.2, 0.25) is 0 Å². The molecular formula is C55H71N9O8S2. The number of β-amino-alcohol motifs (C(OH)–C–C–N with tert-alkyl or cyclic N) is 1. The van der Waals surface area contributed by atoms with Gasteiger partial charge in [0.05, 0.1) is 43.8 Å². The van der Waals surface area contributed by atoms with Crippen LogP contribution in [0.3, 0.4) is 0 Å². The highest BCUT2D eigenvalue weighted by molar-refractivity contribution is 7.22. The summed E-state index contributed by atoms with van der Waals surface area (Å²) in [6, 6.07) is 13.9. The number of unbranched alkanes of at least 4 members (excludes halogenated alkanes) is 7. The average Bonchev–Trinajstić information content (AvgIpc) is 4.10. The van der Waals surface area contributed by atoms with E-state index in [0.717, 1.165) is 88.0 Å². The molecule has 19 heteroatoms. The zero-order chi connectivity index (χ0) is 52.9. The topological polar surface area (TPSA) is 225 Å². The van der Waals surface area contributed by atoms with E-state index in [1.165, 1.54) is 16.2 Å². The van der Waals surface area contributed by atoms with Crippen LogP contribution in [0.25, 0.3) is 31.8 Å². The zero-order valence-corrected chi connectivity index (χ0v) is 45.1. The lowest BCUT2D eigenvalue weighted by molar-refractivity contribution is -0.144. The number of carbonyl (C=O) groups excluding carboxylic acids is 6. The van der Waals surface area contributed by atoms with Crippen molar-refractivity contribution in [3.8, 4) is 21.6 Å². The van der Waals surface area contributed by atoms with Crippen molar-refractivity contribution in [1.29, 1.82) is 0 Å². The third-order valence-corrected chi connectivity index (χ3v) is 15.6. The fourth-order valence-electron chi connectivity index (χ4n) is 9.38. The summed E-state index contributed by atoms with van der Waals surface area (Å²) in [4.78, 5) is 95.7. The number of likely N-dealkylation sites (tertiary alicyclic amines) is 2. The second-order valence-corrected chi connectivity index (χ2v) is 22.5. The summed E-state index contributed by atoms with van der Waals surface area (Å²) in [5.74, 6) is -0.982. The van der Waals surface area contributed by atoms with E-state index in [9.17, 15) is 33.9 Å². The zero-order valence-electron chi connectivity index (χ0n) is 43.5. The number of hydrogen-bond acceptors (Lipinski definition) is 13. The molecule has 17 nitrogen and oxygen atoms in total. The first-order valence-corrected chi connectivity index (χ1v) is 27.6. The van der Waals surface area contributed by atoms with E-state index < -0.39 is 29.7 Å². The van der Waals surface area contributed by atoms with Crippen molar-refractivity contribution in [2.24, 2.45) is 5.41 Å². The number of piperidine rings is 1. The quantitative estimate of drug-likeness (QED) is 0.0435. The number of rotatable bonds is 21. The van der Waals surface area contributed by atoms with Crippen LogP contribution in [-0.4, -0.2) is 109 Å². The minimum atomic E-state index is -0.867. The first-order chi connectivity index (χ1) is 35.4. The SMILES string of the molecule is CC(=O)N1CCC(OC(=O)Nc2cc(-c3ccc4nc(NC(=O)CCCCCCCCCCC(=O)N[C@H](C(=O)N5C[C@H](O)C[C@H]5C(=O)NCc5ccc(-c6scnc6C)cc5)C(C)(C)C)sc4c3)cnc2C)CC1. The number of aryl methyl sites for hydroxylation is 2. The maximum Gasteiger partial charge on any atom is 0.411 e. The molecule has 0 radical (unpaired) electrons. The number of anilines is 2. The number of pyridine rings is 1. The molecule has 2 aliphatic rings. The minimum Gasteiger partial charge on any atom is -0.446 e. The molecule has 2 aromatic carbocycles. The van der Waals surface area contributed by atoms with Gasteiger partial charge in [-0.2, -0.15) is 0 Å². The third-order valence-electron chi connectivity index (χ3n) is 13.7. The Labute approximate surface area is 441 Å². The number of carbonyl (C=O) groups is 6. The number of thiazole rings is 2. The van der Waals surface area contributed by atoms with E-state index in [0.29, 0.717) is 55.3 Å². The van der Waals surface area contributed by atoms with E-state index in [1.54, 1.807) is 29.4 Å². The summed E-state index contributed by atoms with van der Waals surface area (Å²) in [5, 5.41) is 22.8. The molecule has 2 saturated heterocycles. The van der Waals surface area contributed by atoms with E-state index in [-0.39, 0.29) is 61.6 Å². The summed E-state index contributed by atoms with van der Waals surface area (Å²) in [5.41, 5.74) is 7.78. The van der Waals surface area contributed by atoms with Gasteiger partial charge in [0.2, 0.25) is 29.5 Å². The Hall–Kier alpha value is -6.31. The monoisotopic (exact) mass is 1050 g/mol. The Morgan fingerprint density at radius 1 is 0.811 bits per heavy atom. The van der Waals surface area contributed by atoms with E-state index in [2.05, 4.69) is 36.2 Å². The molecular weight excluding hydrogens is 979 g/mol. The minimum absolute atomic E-state index is 0.0209. The van der Waals surface area contributed by atoms with Crippen LogP contribution < -0.4 is 21.3 Å². The van der Waals surface area contributed by atoms with Gasteiger partial charge in [0.15, 0.2) is 5.13 Å². The van der Waals surface area contributed by atoms with Crippen LogP contribution in [0.1, 0.15) is 128 Å². The van der Waals surface area contributed by atoms with Crippen molar-refractivity contribution in [2.75, 3.05) is 30.3 Å². The molecule has 3 aromatic heterocycles. The highest BCUT2D eigenvalue weighted by Crippen LogP contribution is 2.33. The van der Waals surface area contributed by atoms with Crippen molar-refractivity contribution in [1.82, 2.24) is 35.4 Å². The van der Waals surface area contributed by atoms with E-state index >= 15 is 0 Å². The molecule has 0 bridgehead atoms. The molecule has 7 rings (SSSR count). The maximum absolute atomic E-state index is 14.0. The summed E-state index contributed by atoms with van der Waals surface area (Å²) in [6.45, 7) is 12.4. The third kappa shape index (κ3) is 15.4. The predicted molar refractivity (Wildman–Crippen MR) is 289 cm³/mol. The van der Waals surface area contributed by atoms with Gasteiger partial charge < -0.3 is 35.6 Å². The lowest BCUT2D eigenvalue weighted by Gasteiger charge is -2.35. The van der Waals surface area contributed by atoms with Gasteiger partial charge in [-0.05, 0) is 67.0 Å². The first kappa shape index (κ1) is 55.4. The van der Waals surface area contributed by atoms with Crippen LogP contribution in [0, 0.1) is 19.3 Å². The Balaban J connectivity index is 0.764. The number of ether oxygens (including phenoxy) is 1. The Morgan fingerprint density at radius 2 is 1.47 bits per heavy atom. The van der Waals surface area contributed by atoms with E-state index in [4.69, 9.17) is 4.74 Å². The number of hydrogen-bond donors (Lipinski definition) is 5. The van der Waals surface area contributed by atoms with Gasteiger partial charge in [-0.25, -0.2) is 14.8 Å². The van der Waals surface area contributed by atoms with Crippen LogP contribution in [0.5, 0.6) is 0 Å². The van der Waals surface area contributed by atoms with Crippen LogP contribution in [-0.2, 0) is 35.3 Å². The maximum atomic E-state index is 14.0. The van der Waals surface area contributed by atoms with Crippen molar-refractivity contribution in [2.45, 2.75) is 156 Å². The van der Waals surface area contributed by atoms with Gasteiger partial charge in [-0.3, -0.25) is 34.3 Å². The molecule has 5 aromatic rings. The second-order valence-electron chi connectivity index (χ2n) is 20.6. The predicted octanol–water partition coefficient (Wildman–Crippen LogP) is 9.31. The number of aliphatic hydroxyl groups excluding tert-OH is 1. The Morgan fingerprint density at radius 3 is 2.12 bits per heavy atom. The molecule has 5 N–H and O–H groups in total. The number of nitrogens with zero attached hydrogens (tertiary/aromatic N) is 5. The van der Waals surface area contributed by atoms with Crippen molar-refractivity contribution < 1.29 is 38.6 Å². The Kier molecular flexibility index (Phi) is 19.3. The lowest BCUT2D eigenvalue weighted by atomic mass is 9.85. The fourth-order valence-corrected chi connectivity index (χ4v) is 11.1. The number of fused-ring (bicyclic) bond motifs is 1. The van der Waals surface area contributed by atoms with Gasteiger partial charge in [-0.15, -0.1) is 11.3 Å². The molecule has 5 heterocycles. The lowest BCUT2D eigenvalue weighted by Crippen LogP contribution is -2.57. The average molecular weight is 1050 g/mol. The molecule has 0 unspecified atom stereocenters. The summed E-state index contributed by atoms with van der Waals surface area (Å²) < 4.78 is 6.55. The smallest absolute Gasteiger partial charge is 0.411 e. The number of benzene rings is 2. The summed E-state index contributed by atoms with van der Waals surface area (Å²) in [7, 11) is 0. The number of aliphatic hydroxyl groups is 1. The van der Waals surface area contributed by atoms with Gasteiger partial charge in [-0.1, -0.05) is 101 Å². The van der Waals surface area contributed by atoms with Gasteiger partial charge in [0, 0.05) is 77.0 Å². The normalized spacial score (nSPS) is 16.5. The van der Waals surface area contributed by atoms with Gasteiger partial charge in [0.1, 0.15) is 18.2 Å². The second kappa shape index (κ2) is 25.8. The first-order valence-electron chi connectivity index (χ1n) is 25.9. The molecule has 2 fully saturated rings. The summed E-state index contributed by atoms with van der Waals surface area (Å²) >= 11 is 2.98. The number of aromatic nitrogens is 3. The van der Waals surface area contributed by atoms with Gasteiger partial charge >= 0.3 is 6.09 Å². The highest BCUT2D eigenvalue weighted by atomic mass is 32.1. The molecule has 0 aliphatic carbocycles. The molecule has 396 valence electrons. The van der Waals surface area contributed by atoms with E-state index in [1.807, 2.05) is 88.7 Å². The number of amides is 6. The van der Waals surface area contributed by atoms with Crippen molar-refractivity contribution >= 4 is 79.3 Å². The molecule has 2 aliphatic heterocycles. The molecule has 0 spiro atoms. The van der Waals surface area contributed by atoms with Crippen LogP contribution in [0.15, 0.2) is 60.2 Å². The largest absolute Gasteiger partial charge is 0.446 e.